The molecule has 0 saturated heterocycles. The molecule has 20 heavy (non-hydrogen) atoms. The molecular formula is C15H19N3O2. The molecule has 1 aliphatic heterocycles. The van der Waals surface area contributed by atoms with Crippen molar-refractivity contribution >= 4 is 0 Å². The van der Waals surface area contributed by atoms with Gasteiger partial charge < -0.3 is 14.6 Å². The second-order valence-electron chi connectivity index (χ2n) is 5.27. The van der Waals surface area contributed by atoms with Gasteiger partial charge in [0.15, 0.2) is 0 Å². The van der Waals surface area contributed by atoms with Gasteiger partial charge in [0.2, 0.25) is 0 Å². The number of aromatic nitrogens is 2. The first-order chi connectivity index (χ1) is 9.72. The standard InChI is InChI=1S/C15H19N3O2/c1-17(8-9-18-7-6-16-15(18)19)11-13-10-12-4-2-3-5-14(12)20-13/h2-7,13H,8-11H2,1H3,(H,16,19)/t13-/m0/s1. The van der Waals surface area contributed by atoms with Crippen LogP contribution >= 0.6 is 0 Å². The van der Waals surface area contributed by atoms with Crippen molar-refractivity contribution in [3.8, 4) is 5.75 Å². The average Bonchev–Trinajstić information content (AvgIpc) is 3.01. The highest BCUT2D eigenvalue weighted by molar-refractivity contribution is 5.37. The topological polar surface area (TPSA) is 50.3 Å². The van der Waals surface area contributed by atoms with Crippen LogP contribution in [0.3, 0.4) is 0 Å². The summed E-state index contributed by atoms with van der Waals surface area (Å²) in [6.07, 6.45) is 4.61. The summed E-state index contributed by atoms with van der Waals surface area (Å²) in [4.78, 5) is 16.2. The summed E-state index contributed by atoms with van der Waals surface area (Å²) in [7, 11) is 2.06. The van der Waals surface area contributed by atoms with E-state index >= 15 is 0 Å². The van der Waals surface area contributed by atoms with E-state index in [2.05, 4.69) is 23.0 Å². The molecule has 0 aliphatic carbocycles. The predicted molar refractivity (Wildman–Crippen MR) is 77.1 cm³/mol. The lowest BCUT2D eigenvalue weighted by Crippen LogP contribution is -2.35. The lowest BCUT2D eigenvalue weighted by atomic mass is 10.1. The third-order valence-electron chi connectivity index (χ3n) is 3.67. The number of benzene rings is 1. The van der Waals surface area contributed by atoms with Gasteiger partial charge in [0.05, 0.1) is 0 Å². The Bertz CT molecular complexity index is 607. The molecule has 5 nitrogen and oxygen atoms in total. The third kappa shape index (κ3) is 2.77. The van der Waals surface area contributed by atoms with Gasteiger partial charge in [-0.1, -0.05) is 18.2 Å². The van der Waals surface area contributed by atoms with Gasteiger partial charge in [0, 0.05) is 38.4 Å². The number of para-hydroxylation sites is 1. The number of nitrogens with zero attached hydrogens (tertiary/aromatic N) is 2. The van der Waals surface area contributed by atoms with Crippen molar-refractivity contribution in [3.05, 3.63) is 52.7 Å². The number of nitrogens with one attached hydrogen (secondary N) is 1. The summed E-state index contributed by atoms with van der Waals surface area (Å²) in [5.41, 5.74) is 1.23. The van der Waals surface area contributed by atoms with Gasteiger partial charge in [-0.25, -0.2) is 4.79 Å². The van der Waals surface area contributed by atoms with Crippen LogP contribution < -0.4 is 10.4 Å². The Labute approximate surface area is 117 Å². The second kappa shape index (κ2) is 5.54. The first-order valence-electron chi connectivity index (χ1n) is 6.89. The zero-order chi connectivity index (χ0) is 13.9. The monoisotopic (exact) mass is 273 g/mol. The Morgan fingerprint density at radius 1 is 1.45 bits per heavy atom. The molecule has 106 valence electrons. The van der Waals surface area contributed by atoms with Gasteiger partial charge in [-0.15, -0.1) is 0 Å². The molecule has 0 radical (unpaired) electrons. The molecule has 2 heterocycles. The van der Waals surface area contributed by atoms with Gasteiger partial charge in [-0.3, -0.25) is 4.57 Å². The fourth-order valence-corrected chi connectivity index (χ4v) is 2.60. The van der Waals surface area contributed by atoms with Crippen LogP contribution in [0.1, 0.15) is 5.56 Å². The van der Waals surface area contributed by atoms with E-state index in [0.717, 1.165) is 25.3 Å². The number of hydrogen-bond donors (Lipinski definition) is 1. The minimum Gasteiger partial charge on any atom is -0.488 e. The Morgan fingerprint density at radius 3 is 3.05 bits per heavy atom. The van der Waals surface area contributed by atoms with E-state index in [4.69, 9.17) is 4.74 Å². The molecular weight excluding hydrogens is 254 g/mol. The van der Waals surface area contributed by atoms with Crippen molar-refractivity contribution in [3.63, 3.8) is 0 Å². The maximum absolute atomic E-state index is 11.4. The van der Waals surface area contributed by atoms with E-state index in [1.54, 1.807) is 17.0 Å². The molecule has 1 aliphatic rings. The molecule has 2 aromatic rings. The second-order valence-corrected chi connectivity index (χ2v) is 5.27. The molecule has 0 bridgehead atoms. The SMILES string of the molecule is CN(CCn1cc[nH]c1=O)C[C@@H]1Cc2ccccc2O1. The number of likely N-dealkylation sites (N-methyl/N-ethyl adjacent to an activating group) is 1. The molecule has 0 fully saturated rings. The molecule has 0 unspecified atom stereocenters. The number of fused-ring (bicyclic) bond motifs is 1. The normalized spacial score (nSPS) is 17.2. The zero-order valence-electron chi connectivity index (χ0n) is 11.6. The molecule has 0 amide bonds. The van der Waals surface area contributed by atoms with Crippen molar-refractivity contribution in [1.82, 2.24) is 14.5 Å². The van der Waals surface area contributed by atoms with Crippen LogP contribution in [0.5, 0.6) is 5.75 Å². The fourth-order valence-electron chi connectivity index (χ4n) is 2.60. The van der Waals surface area contributed by atoms with Crippen LogP contribution in [-0.2, 0) is 13.0 Å². The summed E-state index contributed by atoms with van der Waals surface area (Å²) in [6, 6.07) is 8.19. The smallest absolute Gasteiger partial charge is 0.325 e. The van der Waals surface area contributed by atoms with E-state index < -0.39 is 0 Å². The van der Waals surface area contributed by atoms with Gasteiger partial charge in [0.25, 0.3) is 0 Å². The highest BCUT2D eigenvalue weighted by atomic mass is 16.5. The van der Waals surface area contributed by atoms with Crippen LogP contribution in [0.25, 0.3) is 0 Å². The van der Waals surface area contributed by atoms with Gasteiger partial charge >= 0.3 is 5.69 Å². The molecule has 0 saturated carbocycles. The molecule has 3 rings (SSSR count). The van der Waals surface area contributed by atoms with Crippen molar-refractivity contribution in [2.45, 2.75) is 19.1 Å². The van der Waals surface area contributed by atoms with E-state index in [9.17, 15) is 4.79 Å². The maximum atomic E-state index is 11.4. The molecule has 1 aromatic heterocycles. The third-order valence-corrected chi connectivity index (χ3v) is 3.67. The van der Waals surface area contributed by atoms with Crippen molar-refractivity contribution in [2.75, 3.05) is 20.1 Å². The first-order valence-corrected chi connectivity index (χ1v) is 6.89. The van der Waals surface area contributed by atoms with E-state index in [0.29, 0.717) is 6.54 Å². The van der Waals surface area contributed by atoms with Crippen LogP contribution in [0.4, 0.5) is 0 Å². The lowest BCUT2D eigenvalue weighted by Gasteiger charge is -2.20. The van der Waals surface area contributed by atoms with Crippen molar-refractivity contribution in [2.24, 2.45) is 0 Å². The number of ether oxygens (including phenoxy) is 1. The van der Waals surface area contributed by atoms with Crippen LogP contribution in [-0.4, -0.2) is 40.7 Å². The van der Waals surface area contributed by atoms with Crippen molar-refractivity contribution in [1.29, 1.82) is 0 Å². The molecule has 5 heteroatoms. The maximum Gasteiger partial charge on any atom is 0.325 e. The quantitative estimate of drug-likeness (QED) is 0.888. The van der Waals surface area contributed by atoms with Crippen LogP contribution in [0.2, 0.25) is 0 Å². The number of imidazole rings is 1. The first kappa shape index (κ1) is 13.0. The highest BCUT2D eigenvalue weighted by Gasteiger charge is 2.23. The minimum absolute atomic E-state index is 0.0529. The summed E-state index contributed by atoms with van der Waals surface area (Å²) in [6.45, 7) is 2.39. The Hall–Kier alpha value is -2.01. The Kier molecular flexibility index (Phi) is 3.60. The zero-order valence-corrected chi connectivity index (χ0v) is 11.6. The highest BCUT2D eigenvalue weighted by Crippen LogP contribution is 2.28. The molecule has 1 aromatic carbocycles. The fraction of sp³-hybridized carbons (Fsp3) is 0.400. The predicted octanol–water partition coefficient (Wildman–Crippen LogP) is 1.11. The van der Waals surface area contributed by atoms with Gasteiger partial charge in [-0.05, 0) is 18.7 Å². The number of H-pyrrole nitrogens is 1. The largest absolute Gasteiger partial charge is 0.488 e. The minimum atomic E-state index is -0.0529. The summed E-state index contributed by atoms with van der Waals surface area (Å²) in [5.74, 6) is 1.01. The Morgan fingerprint density at radius 2 is 2.30 bits per heavy atom. The average molecular weight is 273 g/mol. The molecule has 1 atom stereocenters. The van der Waals surface area contributed by atoms with Gasteiger partial charge in [-0.2, -0.15) is 0 Å². The number of aromatic amines is 1. The summed E-state index contributed by atoms with van der Waals surface area (Å²) >= 11 is 0. The summed E-state index contributed by atoms with van der Waals surface area (Å²) in [5, 5.41) is 0. The van der Waals surface area contributed by atoms with Crippen LogP contribution in [0.15, 0.2) is 41.5 Å². The Balaban J connectivity index is 1.50. The van der Waals surface area contributed by atoms with Gasteiger partial charge in [0.1, 0.15) is 11.9 Å². The molecule has 1 N–H and O–H groups in total. The number of hydrogen-bond acceptors (Lipinski definition) is 3. The lowest BCUT2D eigenvalue weighted by molar-refractivity contribution is 0.166. The molecule has 0 spiro atoms. The summed E-state index contributed by atoms with van der Waals surface area (Å²) < 4.78 is 7.60. The van der Waals surface area contributed by atoms with E-state index in [1.165, 1.54) is 5.56 Å². The van der Waals surface area contributed by atoms with Crippen molar-refractivity contribution < 1.29 is 4.74 Å². The van der Waals surface area contributed by atoms with E-state index in [-0.39, 0.29) is 11.8 Å². The van der Waals surface area contributed by atoms with E-state index in [1.807, 2.05) is 18.2 Å². The number of rotatable bonds is 5. The van der Waals surface area contributed by atoms with Crippen LogP contribution in [0, 0.1) is 0 Å².